The highest BCUT2D eigenvalue weighted by Gasteiger charge is 2.30. The number of ether oxygens (including phenoxy) is 5. The molecule has 1 unspecified atom stereocenters. The molecule has 1 atom stereocenters. The van der Waals surface area contributed by atoms with Gasteiger partial charge in [-0.3, -0.25) is 9.59 Å². The van der Waals surface area contributed by atoms with Crippen molar-refractivity contribution >= 4 is 5.91 Å². The minimum Gasteiger partial charge on any atom is -0.502 e. The molecular weight excluding hydrogens is 434 g/mol. The lowest BCUT2D eigenvalue weighted by Crippen LogP contribution is -2.41. The number of benzene rings is 1. The monoisotopic (exact) mass is 463 g/mol. The summed E-state index contributed by atoms with van der Waals surface area (Å²) in [6.07, 6.45) is -0.0639. The fourth-order valence-corrected chi connectivity index (χ4v) is 3.79. The molecule has 0 bridgehead atoms. The lowest BCUT2D eigenvalue weighted by Gasteiger charge is -2.29. The predicted octanol–water partition coefficient (Wildman–Crippen LogP) is 1.90. The molecule has 180 valence electrons. The Morgan fingerprint density at radius 3 is 2.24 bits per heavy atom. The Morgan fingerprint density at radius 1 is 1.06 bits per heavy atom. The van der Waals surface area contributed by atoms with Gasteiger partial charge >= 0.3 is 0 Å². The smallest absolute Gasteiger partial charge is 0.227 e. The number of carbonyl (C=O) groups is 1. The van der Waals surface area contributed by atoms with Gasteiger partial charge in [0.15, 0.2) is 17.3 Å². The van der Waals surface area contributed by atoms with E-state index < -0.39 is 17.1 Å². The van der Waals surface area contributed by atoms with Crippen molar-refractivity contribution in [3.05, 3.63) is 45.5 Å². The number of amides is 1. The molecule has 0 spiro atoms. The maximum Gasteiger partial charge on any atom is 0.227 e. The Hall–Kier alpha value is -3.24. The lowest BCUT2D eigenvalue weighted by molar-refractivity contribution is -0.135. The van der Waals surface area contributed by atoms with Crippen LogP contribution in [0.2, 0.25) is 0 Å². The van der Waals surface area contributed by atoms with Crippen molar-refractivity contribution in [2.45, 2.75) is 18.9 Å². The first-order chi connectivity index (χ1) is 15.9. The third-order valence-electron chi connectivity index (χ3n) is 5.43. The number of hydrogen-bond donors (Lipinski definition) is 1. The quantitative estimate of drug-likeness (QED) is 0.595. The van der Waals surface area contributed by atoms with Crippen molar-refractivity contribution in [1.29, 1.82) is 0 Å². The topological polar surface area (TPSA) is 117 Å². The Morgan fingerprint density at radius 2 is 1.70 bits per heavy atom. The van der Waals surface area contributed by atoms with Gasteiger partial charge in [0, 0.05) is 32.7 Å². The summed E-state index contributed by atoms with van der Waals surface area (Å²) in [5.41, 5.74) is -0.0845. The Labute approximate surface area is 191 Å². The van der Waals surface area contributed by atoms with E-state index in [2.05, 4.69) is 0 Å². The van der Waals surface area contributed by atoms with Gasteiger partial charge in [-0.15, -0.1) is 0 Å². The van der Waals surface area contributed by atoms with Gasteiger partial charge < -0.3 is 38.1 Å². The number of carbonyl (C=O) groups excluding carboxylic acids is 1. The van der Waals surface area contributed by atoms with Crippen LogP contribution in [-0.4, -0.2) is 70.7 Å². The zero-order valence-electron chi connectivity index (χ0n) is 19.2. The Balaban J connectivity index is 2.14. The summed E-state index contributed by atoms with van der Waals surface area (Å²) in [4.78, 5) is 27.3. The van der Waals surface area contributed by atoms with Crippen molar-refractivity contribution in [3.63, 3.8) is 0 Å². The first-order valence-corrected chi connectivity index (χ1v) is 10.4. The molecule has 33 heavy (non-hydrogen) atoms. The summed E-state index contributed by atoms with van der Waals surface area (Å²) < 4.78 is 32.6. The van der Waals surface area contributed by atoms with E-state index in [1.807, 2.05) is 0 Å². The van der Waals surface area contributed by atoms with E-state index in [-0.39, 0.29) is 30.5 Å². The first-order valence-electron chi connectivity index (χ1n) is 10.4. The number of methoxy groups -OCH3 is 4. The van der Waals surface area contributed by atoms with Gasteiger partial charge in [0.1, 0.15) is 12.4 Å². The van der Waals surface area contributed by atoms with Crippen LogP contribution in [0.1, 0.15) is 29.4 Å². The van der Waals surface area contributed by atoms with Gasteiger partial charge in [-0.25, -0.2) is 0 Å². The summed E-state index contributed by atoms with van der Waals surface area (Å²) in [6, 6.07) is 4.50. The van der Waals surface area contributed by atoms with E-state index in [0.717, 1.165) is 0 Å². The predicted molar refractivity (Wildman–Crippen MR) is 117 cm³/mol. The average Bonchev–Trinajstić information content (AvgIpc) is 2.84. The zero-order valence-corrected chi connectivity index (χ0v) is 19.2. The SMILES string of the molecule is COCc1cc(=O)c(O)c(C(CC(=O)N2CCOCC2)c2cc(OC)c(OC)c(OC)c2)o1. The highest BCUT2D eigenvalue weighted by Crippen LogP contribution is 2.43. The van der Waals surface area contributed by atoms with E-state index in [9.17, 15) is 14.7 Å². The van der Waals surface area contributed by atoms with Crippen LogP contribution < -0.4 is 19.6 Å². The minimum absolute atomic E-state index is 0.0297. The van der Waals surface area contributed by atoms with E-state index in [4.69, 9.17) is 28.1 Å². The molecule has 0 saturated carbocycles. The molecule has 1 saturated heterocycles. The second-order valence-electron chi connectivity index (χ2n) is 7.43. The van der Waals surface area contributed by atoms with Crippen molar-refractivity contribution in [1.82, 2.24) is 4.90 Å². The molecule has 1 aromatic carbocycles. The van der Waals surface area contributed by atoms with Crippen LogP contribution in [0.3, 0.4) is 0 Å². The van der Waals surface area contributed by atoms with E-state index in [0.29, 0.717) is 49.1 Å². The van der Waals surface area contributed by atoms with Gasteiger partial charge in [-0.1, -0.05) is 0 Å². The van der Waals surface area contributed by atoms with Gasteiger partial charge in [0.25, 0.3) is 0 Å². The fourth-order valence-electron chi connectivity index (χ4n) is 3.79. The number of hydrogen-bond acceptors (Lipinski definition) is 9. The molecule has 2 heterocycles. The van der Waals surface area contributed by atoms with Crippen molar-refractivity contribution in [2.75, 3.05) is 54.7 Å². The maximum atomic E-state index is 13.2. The second kappa shape index (κ2) is 11.1. The molecule has 1 aliphatic heterocycles. The van der Waals surface area contributed by atoms with E-state index in [1.165, 1.54) is 34.5 Å². The highest BCUT2D eigenvalue weighted by atomic mass is 16.5. The van der Waals surface area contributed by atoms with E-state index >= 15 is 0 Å². The first kappa shape index (κ1) is 24.4. The number of nitrogens with zero attached hydrogens (tertiary/aromatic N) is 1. The number of aromatic hydroxyl groups is 1. The number of morpholine rings is 1. The fraction of sp³-hybridized carbons (Fsp3) is 0.478. The minimum atomic E-state index is -0.807. The number of rotatable bonds is 9. The normalized spacial score (nSPS) is 14.6. The summed E-state index contributed by atoms with van der Waals surface area (Å²) in [5.74, 6) is -0.243. The van der Waals surface area contributed by atoms with Crippen LogP contribution in [0.5, 0.6) is 23.0 Å². The molecule has 10 heteroatoms. The summed E-state index contributed by atoms with van der Waals surface area (Å²) in [6.45, 7) is 1.84. The maximum absolute atomic E-state index is 13.2. The van der Waals surface area contributed by atoms with E-state index in [1.54, 1.807) is 17.0 Å². The van der Waals surface area contributed by atoms with Crippen LogP contribution in [0.15, 0.2) is 27.4 Å². The Kier molecular flexibility index (Phi) is 8.18. The van der Waals surface area contributed by atoms with Gasteiger partial charge in [-0.2, -0.15) is 0 Å². The molecule has 1 amide bonds. The zero-order chi connectivity index (χ0) is 24.0. The Bertz CT molecular complexity index is 1000. The third kappa shape index (κ3) is 5.40. The van der Waals surface area contributed by atoms with Gasteiger partial charge in [0.05, 0.1) is 40.5 Å². The third-order valence-corrected chi connectivity index (χ3v) is 5.43. The highest BCUT2D eigenvalue weighted by molar-refractivity contribution is 5.78. The standard InChI is InChI=1S/C23H29NO9/c1-28-13-15-11-17(25)21(27)22(33-15)16(12-20(26)24-5-7-32-8-6-24)14-9-18(29-2)23(31-4)19(10-14)30-3/h9-11,16,27H,5-8,12-13H2,1-4H3. The summed E-state index contributed by atoms with van der Waals surface area (Å²) in [7, 11) is 5.90. The van der Waals surface area contributed by atoms with Crippen molar-refractivity contribution in [3.8, 4) is 23.0 Å². The molecular formula is C23H29NO9. The summed E-state index contributed by atoms with van der Waals surface area (Å²) >= 11 is 0. The molecule has 1 aliphatic rings. The molecule has 3 rings (SSSR count). The van der Waals surface area contributed by atoms with Crippen LogP contribution in [0.25, 0.3) is 0 Å². The second-order valence-corrected chi connectivity index (χ2v) is 7.43. The lowest BCUT2D eigenvalue weighted by atomic mass is 9.90. The van der Waals surface area contributed by atoms with Crippen LogP contribution in [-0.2, 0) is 20.9 Å². The molecule has 1 fully saturated rings. The molecule has 10 nitrogen and oxygen atoms in total. The molecule has 2 aromatic rings. The molecule has 0 aliphatic carbocycles. The van der Waals surface area contributed by atoms with Crippen LogP contribution in [0.4, 0.5) is 0 Å². The van der Waals surface area contributed by atoms with Crippen molar-refractivity contribution in [2.24, 2.45) is 0 Å². The largest absolute Gasteiger partial charge is 0.502 e. The van der Waals surface area contributed by atoms with Crippen molar-refractivity contribution < 1.29 is 38.0 Å². The average molecular weight is 463 g/mol. The molecule has 1 aromatic heterocycles. The van der Waals surface area contributed by atoms with Gasteiger partial charge in [-0.05, 0) is 17.7 Å². The molecule has 0 radical (unpaired) electrons. The summed E-state index contributed by atoms with van der Waals surface area (Å²) in [5, 5.41) is 10.6. The molecule has 1 N–H and O–H groups in total. The van der Waals surface area contributed by atoms with Gasteiger partial charge in [0.2, 0.25) is 22.8 Å². The van der Waals surface area contributed by atoms with Crippen LogP contribution in [0, 0.1) is 0 Å². The van der Waals surface area contributed by atoms with Crippen LogP contribution >= 0.6 is 0 Å².